The molecular formula is C11H10F2N2O6. The smallest absolute Gasteiger partial charge is 0.328 e. The van der Waals surface area contributed by atoms with Gasteiger partial charge in [0, 0.05) is 0 Å². The number of aliphatic hydroxyl groups is 1. The van der Waals surface area contributed by atoms with Crippen LogP contribution in [-0.4, -0.2) is 39.2 Å². The minimum absolute atomic E-state index is 0.287. The van der Waals surface area contributed by atoms with Gasteiger partial charge in [0.2, 0.25) is 5.82 Å². The van der Waals surface area contributed by atoms with Gasteiger partial charge in [-0.1, -0.05) is 0 Å². The number of rotatable bonds is 5. The first-order valence-corrected chi connectivity index (χ1v) is 5.50. The van der Waals surface area contributed by atoms with Crippen molar-refractivity contribution in [1.82, 2.24) is 5.32 Å². The topological polar surface area (TPSA) is 130 Å². The Morgan fingerprint density at radius 3 is 2.38 bits per heavy atom. The highest BCUT2D eigenvalue weighted by molar-refractivity contribution is 5.97. The van der Waals surface area contributed by atoms with Gasteiger partial charge in [-0.2, -0.15) is 4.39 Å². The van der Waals surface area contributed by atoms with Crippen molar-refractivity contribution in [1.29, 1.82) is 0 Å². The quantitative estimate of drug-likeness (QED) is 0.534. The molecular weight excluding hydrogens is 294 g/mol. The second-order valence-electron chi connectivity index (χ2n) is 4.07. The Morgan fingerprint density at radius 2 is 1.95 bits per heavy atom. The Labute approximate surface area is 116 Å². The summed E-state index contributed by atoms with van der Waals surface area (Å²) < 4.78 is 26.9. The Hall–Kier alpha value is -2.62. The van der Waals surface area contributed by atoms with Crippen LogP contribution in [0.2, 0.25) is 0 Å². The molecule has 21 heavy (non-hydrogen) atoms. The molecule has 0 saturated heterocycles. The average molecular weight is 304 g/mol. The summed E-state index contributed by atoms with van der Waals surface area (Å²) in [6.45, 7) is 1.06. The zero-order valence-electron chi connectivity index (χ0n) is 10.5. The SMILES string of the molecule is CC(O)C(NC(=O)c1cc(F)cc([N+](=O)[O-])c1F)C(=O)O. The lowest BCUT2D eigenvalue weighted by molar-refractivity contribution is -0.387. The van der Waals surface area contributed by atoms with Gasteiger partial charge in [-0.25, -0.2) is 9.18 Å². The molecule has 114 valence electrons. The van der Waals surface area contributed by atoms with Crippen LogP contribution in [0, 0.1) is 21.7 Å². The third-order valence-corrected chi connectivity index (χ3v) is 2.49. The molecule has 3 N–H and O–H groups in total. The highest BCUT2D eigenvalue weighted by atomic mass is 19.1. The number of nitro benzene ring substituents is 1. The number of carbonyl (C=O) groups is 2. The predicted molar refractivity (Wildman–Crippen MR) is 63.6 cm³/mol. The molecule has 10 heteroatoms. The summed E-state index contributed by atoms with van der Waals surface area (Å²) in [4.78, 5) is 31.8. The van der Waals surface area contributed by atoms with E-state index in [1.807, 2.05) is 0 Å². The number of carboxylic acids is 1. The molecule has 2 unspecified atom stereocenters. The number of aliphatic carboxylic acids is 1. The summed E-state index contributed by atoms with van der Waals surface area (Å²) in [5.74, 6) is -5.85. The number of nitrogens with one attached hydrogen (secondary N) is 1. The Kier molecular flexibility index (Phi) is 4.87. The van der Waals surface area contributed by atoms with Crippen LogP contribution in [0.25, 0.3) is 0 Å². The number of hydrogen-bond acceptors (Lipinski definition) is 5. The van der Waals surface area contributed by atoms with Crippen LogP contribution in [0.15, 0.2) is 12.1 Å². The fourth-order valence-electron chi connectivity index (χ4n) is 1.48. The van der Waals surface area contributed by atoms with Gasteiger partial charge < -0.3 is 15.5 Å². The average Bonchev–Trinajstić information content (AvgIpc) is 2.36. The molecule has 0 saturated carbocycles. The number of halogens is 2. The maximum atomic E-state index is 13.7. The van der Waals surface area contributed by atoms with Crippen molar-refractivity contribution < 1.29 is 33.5 Å². The van der Waals surface area contributed by atoms with Crippen LogP contribution >= 0.6 is 0 Å². The van der Waals surface area contributed by atoms with Crippen molar-refractivity contribution in [3.63, 3.8) is 0 Å². The van der Waals surface area contributed by atoms with E-state index in [-0.39, 0.29) is 6.07 Å². The number of carbonyl (C=O) groups excluding carboxylic acids is 1. The van der Waals surface area contributed by atoms with Crippen molar-refractivity contribution in [3.8, 4) is 0 Å². The van der Waals surface area contributed by atoms with E-state index in [0.29, 0.717) is 6.07 Å². The largest absolute Gasteiger partial charge is 0.480 e. The standard InChI is InChI=1S/C11H10F2N2O6/c1-4(16)9(11(18)19)14-10(17)6-2-5(12)3-7(8(6)13)15(20)21/h2-4,9,16H,1H3,(H,14,17)(H,18,19). The van der Waals surface area contributed by atoms with Crippen molar-refractivity contribution >= 4 is 17.6 Å². The van der Waals surface area contributed by atoms with Crippen molar-refractivity contribution in [3.05, 3.63) is 39.4 Å². The van der Waals surface area contributed by atoms with Gasteiger partial charge >= 0.3 is 11.7 Å². The Morgan fingerprint density at radius 1 is 1.38 bits per heavy atom. The van der Waals surface area contributed by atoms with Crippen LogP contribution in [0.4, 0.5) is 14.5 Å². The van der Waals surface area contributed by atoms with Gasteiger partial charge in [-0.15, -0.1) is 0 Å². The summed E-state index contributed by atoms with van der Waals surface area (Å²) in [6.07, 6.45) is -1.52. The van der Waals surface area contributed by atoms with E-state index in [1.54, 1.807) is 5.32 Å². The molecule has 8 nitrogen and oxygen atoms in total. The van der Waals surface area contributed by atoms with Crippen molar-refractivity contribution in [2.75, 3.05) is 0 Å². The minimum atomic E-state index is -1.78. The first kappa shape index (κ1) is 16.4. The Balaban J connectivity index is 3.19. The van der Waals surface area contributed by atoms with Crippen molar-refractivity contribution in [2.45, 2.75) is 19.1 Å². The van der Waals surface area contributed by atoms with E-state index in [4.69, 9.17) is 5.11 Å². The highest BCUT2D eigenvalue weighted by Crippen LogP contribution is 2.22. The predicted octanol–water partition coefficient (Wildman–Crippen LogP) is 0.437. The number of benzene rings is 1. The molecule has 1 aromatic rings. The number of nitro groups is 1. The molecule has 0 radical (unpaired) electrons. The summed E-state index contributed by atoms with van der Waals surface area (Å²) in [7, 11) is 0. The number of hydrogen-bond donors (Lipinski definition) is 3. The van der Waals surface area contributed by atoms with Gasteiger partial charge in [-0.05, 0) is 13.0 Å². The van der Waals surface area contributed by atoms with E-state index in [1.165, 1.54) is 0 Å². The number of amides is 1. The molecule has 0 aliphatic carbocycles. The third kappa shape index (κ3) is 3.69. The number of aliphatic hydroxyl groups excluding tert-OH is 1. The van der Waals surface area contributed by atoms with E-state index < -0.39 is 51.8 Å². The van der Waals surface area contributed by atoms with E-state index in [9.17, 15) is 33.6 Å². The van der Waals surface area contributed by atoms with E-state index in [0.717, 1.165) is 6.92 Å². The summed E-state index contributed by atoms with van der Waals surface area (Å²) in [5.41, 5.74) is -2.29. The lowest BCUT2D eigenvalue weighted by atomic mass is 10.1. The molecule has 1 amide bonds. The lowest BCUT2D eigenvalue weighted by Crippen LogP contribution is -2.47. The molecule has 1 rings (SSSR count). The first-order valence-electron chi connectivity index (χ1n) is 5.50. The summed E-state index contributed by atoms with van der Waals surface area (Å²) >= 11 is 0. The maximum Gasteiger partial charge on any atom is 0.328 e. The fourth-order valence-corrected chi connectivity index (χ4v) is 1.48. The van der Waals surface area contributed by atoms with Gasteiger partial charge in [0.25, 0.3) is 5.91 Å². The number of nitrogens with zero attached hydrogens (tertiary/aromatic N) is 1. The van der Waals surface area contributed by atoms with Gasteiger partial charge in [0.1, 0.15) is 5.82 Å². The first-order chi connectivity index (χ1) is 9.65. The van der Waals surface area contributed by atoms with E-state index in [2.05, 4.69) is 0 Å². The van der Waals surface area contributed by atoms with E-state index >= 15 is 0 Å². The molecule has 0 spiro atoms. The Bertz CT molecular complexity index is 605. The van der Waals surface area contributed by atoms with Crippen LogP contribution < -0.4 is 5.32 Å². The van der Waals surface area contributed by atoms with Crippen LogP contribution in [0.3, 0.4) is 0 Å². The van der Waals surface area contributed by atoms with Crippen LogP contribution in [0.1, 0.15) is 17.3 Å². The van der Waals surface area contributed by atoms with Gasteiger partial charge in [0.05, 0.1) is 22.7 Å². The molecule has 0 bridgehead atoms. The highest BCUT2D eigenvalue weighted by Gasteiger charge is 2.29. The molecule has 2 atom stereocenters. The summed E-state index contributed by atoms with van der Waals surface area (Å²) in [5, 5.41) is 30.2. The molecule has 0 aliphatic heterocycles. The van der Waals surface area contributed by atoms with Gasteiger partial charge in [-0.3, -0.25) is 14.9 Å². The van der Waals surface area contributed by atoms with Crippen molar-refractivity contribution in [2.24, 2.45) is 0 Å². The normalized spacial score (nSPS) is 13.3. The lowest BCUT2D eigenvalue weighted by Gasteiger charge is -2.17. The summed E-state index contributed by atoms with van der Waals surface area (Å²) in [6, 6.07) is -1.10. The fraction of sp³-hybridized carbons (Fsp3) is 0.273. The third-order valence-electron chi connectivity index (χ3n) is 2.49. The number of carboxylic acid groups (broad SMARTS) is 1. The zero-order chi connectivity index (χ0) is 16.3. The second kappa shape index (κ2) is 6.22. The van der Waals surface area contributed by atoms with Crippen LogP contribution in [0.5, 0.6) is 0 Å². The van der Waals surface area contributed by atoms with Gasteiger partial charge in [0.15, 0.2) is 6.04 Å². The molecule has 0 fully saturated rings. The van der Waals surface area contributed by atoms with Crippen LogP contribution in [-0.2, 0) is 4.79 Å². The maximum absolute atomic E-state index is 13.7. The zero-order valence-corrected chi connectivity index (χ0v) is 10.5. The molecule has 0 aromatic heterocycles. The molecule has 0 heterocycles. The monoisotopic (exact) mass is 304 g/mol. The minimum Gasteiger partial charge on any atom is -0.480 e. The molecule has 1 aromatic carbocycles. The molecule has 0 aliphatic rings. The second-order valence-corrected chi connectivity index (χ2v) is 4.07.